The Morgan fingerprint density at radius 2 is 1.69 bits per heavy atom. The van der Waals surface area contributed by atoms with Crippen molar-refractivity contribution in [2.75, 3.05) is 32.7 Å². The van der Waals surface area contributed by atoms with Crippen molar-refractivity contribution in [1.29, 1.82) is 0 Å². The smallest absolute Gasteiger partial charge is 0.338 e. The molecule has 2 aliphatic heterocycles. The highest BCUT2D eigenvalue weighted by atomic mass is 19.4. The molecule has 2 saturated heterocycles. The number of piperidine rings is 1. The first-order valence-electron chi connectivity index (χ1n) is 12.8. The second kappa shape index (κ2) is 10.1. The van der Waals surface area contributed by atoms with E-state index in [1.54, 1.807) is 18.3 Å². The summed E-state index contributed by atoms with van der Waals surface area (Å²) in [7, 11) is 0. The third-order valence-electron chi connectivity index (χ3n) is 8.35. The first-order chi connectivity index (χ1) is 16.9. The molecule has 1 unspecified atom stereocenters. The highest BCUT2D eigenvalue weighted by Gasteiger charge is 2.41. The third kappa shape index (κ3) is 5.30. The lowest BCUT2D eigenvalue weighted by Crippen LogP contribution is -2.62. The number of carbonyl (C=O) groups is 1. The molecule has 5 nitrogen and oxygen atoms in total. The molecule has 2 atom stereocenters. The number of halogens is 3. The molecule has 2 fully saturated rings. The second-order valence-electron chi connectivity index (χ2n) is 10.7. The normalized spacial score (nSPS) is 22.4. The molecule has 1 aromatic heterocycles. The number of hydrogen-bond donors (Lipinski definition) is 0. The van der Waals surface area contributed by atoms with Gasteiger partial charge in [0.25, 0.3) is 5.91 Å². The van der Waals surface area contributed by atoms with Gasteiger partial charge in [-0.25, -0.2) is 0 Å². The van der Waals surface area contributed by atoms with Crippen molar-refractivity contribution >= 4 is 5.91 Å². The molecular formula is C28H37F3N4O. The van der Waals surface area contributed by atoms with Crippen LogP contribution in [0.15, 0.2) is 36.5 Å². The molecule has 2 aromatic rings. The Morgan fingerprint density at radius 1 is 1.06 bits per heavy atom. The number of hydrogen-bond acceptors (Lipinski definition) is 4. The number of aromatic nitrogens is 1. The van der Waals surface area contributed by atoms with Gasteiger partial charge < -0.3 is 4.90 Å². The van der Waals surface area contributed by atoms with E-state index in [1.165, 1.54) is 12.1 Å². The minimum atomic E-state index is -4.31. The zero-order chi connectivity index (χ0) is 26.3. The fourth-order valence-electron chi connectivity index (χ4n) is 5.86. The molecule has 36 heavy (non-hydrogen) atoms. The van der Waals surface area contributed by atoms with E-state index in [-0.39, 0.29) is 23.5 Å². The van der Waals surface area contributed by atoms with Crippen molar-refractivity contribution in [3.05, 3.63) is 64.5 Å². The van der Waals surface area contributed by atoms with E-state index >= 15 is 0 Å². The van der Waals surface area contributed by atoms with Crippen LogP contribution in [0, 0.1) is 13.8 Å². The molecule has 0 N–H and O–H groups in total. The summed E-state index contributed by atoms with van der Waals surface area (Å²) in [5.74, 6) is 0.0729. The first kappa shape index (κ1) is 26.6. The average Bonchev–Trinajstić information content (AvgIpc) is 2.83. The van der Waals surface area contributed by atoms with Crippen molar-refractivity contribution in [2.24, 2.45) is 0 Å². The number of piperazine rings is 1. The molecule has 8 heteroatoms. The summed E-state index contributed by atoms with van der Waals surface area (Å²) in [5, 5.41) is 0. The highest BCUT2D eigenvalue weighted by Crippen LogP contribution is 2.35. The molecule has 0 radical (unpaired) electrons. The molecule has 3 heterocycles. The molecule has 1 aromatic carbocycles. The first-order valence-corrected chi connectivity index (χ1v) is 12.8. The summed E-state index contributed by atoms with van der Waals surface area (Å²) in [5.41, 5.74) is 2.78. The van der Waals surface area contributed by atoms with Crippen LogP contribution in [0.1, 0.15) is 72.4 Å². The summed E-state index contributed by atoms with van der Waals surface area (Å²) in [4.78, 5) is 24.4. The van der Waals surface area contributed by atoms with Crippen LogP contribution in [-0.4, -0.2) is 69.9 Å². The van der Waals surface area contributed by atoms with E-state index in [0.717, 1.165) is 67.9 Å². The van der Waals surface area contributed by atoms with Gasteiger partial charge in [-0.15, -0.1) is 0 Å². The third-order valence-corrected chi connectivity index (χ3v) is 8.35. The second-order valence-corrected chi connectivity index (χ2v) is 10.7. The SMILES string of the molecule is Cc1ccnc(C)c1C(=O)N1CCC(C)(N2CCN([C@@H](C)c3ccc(C(F)(F)F)cc3)C(C)C2)CC1. The van der Waals surface area contributed by atoms with Gasteiger partial charge in [-0.05, 0) is 76.8 Å². The van der Waals surface area contributed by atoms with Crippen molar-refractivity contribution in [1.82, 2.24) is 19.7 Å². The molecule has 1 amide bonds. The minimum absolute atomic E-state index is 0.0216. The zero-order valence-corrected chi connectivity index (χ0v) is 21.9. The van der Waals surface area contributed by atoms with Crippen LogP contribution in [0.2, 0.25) is 0 Å². The Bertz CT molecular complexity index is 1060. The number of aryl methyl sites for hydroxylation is 2. The number of likely N-dealkylation sites (tertiary alicyclic amines) is 1. The van der Waals surface area contributed by atoms with Crippen LogP contribution in [-0.2, 0) is 6.18 Å². The lowest BCUT2D eigenvalue weighted by molar-refractivity contribution is -0.137. The maximum atomic E-state index is 13.2. The molecule has 0 bridgehead atoms. The van der Waals surface area contributed by atoms with Gasteiger partial charge in [-0.2, -0.15) is 13.2 Å². The number of nitrogens with zero attached hydrogens (tertiary/aromatic N) is 4. The molecule has 0 spiro atoms. The summed E-state index contributed by atoms with van der Waals surface area (Å²) in [6.45, 7) is 14.5. The Kier molecular flexibility index (Phi) is 7.49. The molecular weight excluding hydrogens is 465 g/mol. The predicted octanol–water partition coefficient (Wildman–Crippen LogP) is 5.48. The summed E-state index contributed by atoms with van der Waals surface area (Å²) in [6, 6.07) is 7.77. The van der Waals surface area contributed by atoms with Crippen molar-refractivity contribution < 1.29 is 18.0 Å². The van der Waals surface area contributed by atoms with Crippen LogP contribution in [0.25, 0.3) is 0 Å². The Balaban J connectivity index is 1.36. The fraction of sp³-hybridized carbons (Fsp3) is 0.571. The van der Waals surface area contributed by atoms with Crippen LogP contribution < -0.4 is 0 Å². The van der Waals surface area contributed by atoms with Gasteiger partial charge in [-0.3, -0.25) is 19.6 Å². The van der Waals surface area contributed by atoms with Crippen molar-refractivity contribution in [2.45, 2.75) is 71.3 Å². The number of rotatable bonds is 4. The standard InChI is InChI=1S/C28H37F3N4O/c1-19-10-13-32-21(3)25(19)26(36)33-14-11-27(5,12-15-33)34-16-17-35(20(2)18-34)22(4)23-6-8-24(9-7-23)28(29,30)31/h6-10,13,20,22H,11-12,14-18H2,1-5H3/t20?,22-/m0/s1. The minimum Gasteiger partial charge on any atom is -0.338 e. The molecule has 4 rings (SSSR count). The highest BCUT2D eigenvalue weighted by molar-refractivity contribution is 5.96. The van der Waals surface area contributed by atoms with Gasteiger partial charge in [-0.1, -0.05) is 12.1 Å². The zero-order valence-electron chi connectivity index (χ0n) is 21.9. The van der Waals surface area contributed by atoms with Gasteiger partial charge >= 0.3 is 6.18 Å². The fourth-order valence-corrected chi connectivity index (χ4v) is 5.86. The van der Waals surface area contributed by atoms with E-state index < -0.39 is 11.7 Å². The lowest BCUT2D eigenvalue weighted by atomic mass is 9.86. The number of alkyl halides is 3. The molecule has 2 aliphatic rings. The van der Waals surface area contributed by atoms with Crippen LogP contribution in [0.5, 0.6) is 0 Å². The van der Waals surface area contributed by atoms with E-state index in [1.807, 2.05) is 24.8 Å². The Hall–Kier alpha value is -2.45. The van der Waals surface area contributed by atoms with E-state index in [0.29, 0.717) is 0 Å². The average molecular weight is 503 g/mol. The summed E-state index contributed by atoms with van der Waals surface area (Å²) in [6.07, 6.45) is -0.740. The van der Waals surface area contributed by atoms with Gasteiger partial charge in [0.15, 0.2) is 0 Å². The molecule has 196 valence electrons. The number of pyridine rings is 1. The summed E-state index contributed by atoms with van der Waals surface area (Å²) < 4.78 is 38.8. The van der Waals surface area contributed by atoms with Gasteiger partial charge in [0.05, 0.1) is 16.8 Å². The maximum absolute atomic E-state index is 13.2. The molecule has 0 aliphatic carbocycles. The number of amides is 1. The van der Waals surface area contributed by atoms with E-state index in [4.69, 9.17) is 0 Å². The van der Waals surface area contributed by atoms with E-state index in [9.17, 15) is 18.0 Å². The Labute approximate surface area is 212 Å². The lowest BCUT2D eigenvalue weighted by Gasteiger charge is -2.52. The van der Waals surface area contributed by atoms with Gasteiger partial charge in [0, 0.05) is 56.5 Å². The van der Waals surface area contributed by atoms with Crippen molar-refractivity contribution in [3.63, 3.8) is 0 Å². The van der Waals surface area contributed by atoms with E-state index in [2.05, 4.69) is 35.6 Å². The quantitative estimate of drug-likeness (QED) is 0.555. The largest absolute Gasteiger partial charge is 0.416 e. The topological polar surface area (TPSA) is 39.7 Å². The number of carbonyl (C=O) groups excluding carboxylic acids is 1. The molecule has 0 saturated carbocycles. The predicted molar refractivity (Wildman–Crippen MR) is 135 cm³/mol. The van der Waals surface area contributed by atoms with Gasteiger partial charge in [0.2, 0.25) is 0 Å². The monoisotopic (exact) mass is 502 g/mol. The van der Waals surface area contributed by atoms with Crippen molar-refractivity contribution in [3.8, 4) is 0 Å². The van der Waals surface area contributed by atoms with Crippen LogP contribution >= 0.6 is 0 Å². The Morgan fingerprint density at radius 3 is 2.25 bits per heavy atom. The van der Waals surface area contributed by atoms with Crippen LogP contribution in [0.3, 0.4) is 0 Å². The summed E-state index contributed by atoms with van der Waals surface area (Å²) >= 11 is 0. The maximum Gasteiger partial charge on any atom is 0.416 e. The van der Waals surface area contributed by atoms with Gasteiger partial charge in [0.1, 0.15) is 0 Å². The van der Waals surface area contributed by atoms with Crippen LogP contribution in [0.4, 0.5) is 13.2 Å². The number of benzene rings is 1.